The Kier molecular flexibility index (Phi) is 9.59. The van der Waals surface area contributed by atoms with Crippen LogP contribution in [-0.4, -0.2) is 65.3 Å². The lowest BCUT2D eigenvalue weighted by molar-refractivity contribution is -0.146. The molecule has 0 unspecified atom stereocenters. The van der Waals surface area contributed by atoms with Crippen LogP contribution >= 0.6 is 11.6 Å². The van der Waals surface area contributed by atoms with Crippen LogP contribution in [0.2, 0.25) is 5.02 Å². The van der Waals surface area contributed by atoms with Crippen LogP contribution in [0.15, 0.2) is 24.3 Å². The van der Waals surface area contributed by atoms with E-state index >= 15 is 0 Å². The third kappa shape index (κ3) is 7.43. The highest BCUT2D eigenvalue weighted by Crippen LogP contribution is 2.32. The molecule has 35 heavy (non-hydrogen) atoms. The highest BCUT2D eigenvalue weighted by atomic mass is 35.5. The molecule has 0 bridgehead atoms. The van der Waals surface area contributed by atoms with Gasteiger partial charge < -0.3 is 20.9 Å². The molecule has 3 N–H and O–H groups in total. The van der Waals surface area contributed by atoms with Gasteiger partial charge >= 0.3 is 0 Å². The van der Waals surface area contributed by atoms with Crippen molar-refractivity contribution in [1.29, 1.82) is 0 Å². The average molecular weight is 505 g/mol. The summed E-state index contributed by atoms with van der Waals surface area (Å²) >= 11 is 6.02. The van der Waals surface area contributed by atoms with Gasteiger partial charge in [0.05, 0.1) is 6.04 Å². The van der Waals surface area contributed by atoms with Crippen molar-refractivity contribution in [3.05, 3.63) is 34.9 Å². The fourth-order valence-electron chi connectivity index (χ4n) is 5.22. The summed E-state index contributed by atoms with van der Waals surface area (Å²) in [6.07, 6.45) is 6.87. The highest BCUT2D eigenvalue weighted by molar-refractivity contribution is 6.30. The average Bonchev–Trinajstić information content (AvgIpc) is 3.29. The lowest BCUT2D eigenvalue weighted by atomic mass is 9.88. The Hall–Kier alpha value is -2.12. The second kappa shape index (κ2) is 12.2. The standard InChI is InChI=1S/C27H41ClN4O3/c1-27(2,3)26(35)32(21-7-5-4-6-8-21)22-14-16-31(18-22)25(34)23(30-24(33)13-15-29)17-19-9-11-20(28)12-10-19/h9-12,21-23H,4-8,13-18,29H2,1-3H3,(H,30,33)/t22-,23+/m0/s1. The van der Waals surface area contributed by atoms with Gasteiger partial charge in [0.2, 0.25) is 17.7 Å². The summed E-state index contributed by atoms with van der Waals surface area (Å²) < 4.78 is 0. The van der Waals surface area contributed by atoms with Crippen molar-refractivity contribution in [3.8, 4) is 0 Å². The molecule has 1 saturated heterocycles. The van der Waals surface area contributed by atoms with Crippen molar-refractivity contribution in [2.75, 3.05) is 19.6 Å². The van der Waals surface area contributed by atoms with E-state index in [1.54, 1.807) is 12.1 Å². The number of nitrogens with zero attached hydrogens (tertiary/aromatic N) is 2. The van der Waals surface area contributed by atoms with Gasteiger partial charge in [-0.1, -0.05) is 63.8 Å². The molecule has 3 rings (SSSR count). The first-order valence-corrected chi connectivity index (χ1v) is 13.3. The monoisotopic (exact) mass is 504 g/mol. The van der Waals surface area contributed by atoms with Crippen LogP contribution in [0, 0.1) is 5.41 Å². The molecule has 1 heterocycles. The molecule has 2 fully saturated rings. The molecule has 0 radical (unpaired) electrons. The van der Waals surface area contributed by atoms with Crippen molar-refractivity contribution in [2.24, 2.45) is 11.1 Å². The number of rotatable bonds is 8. The number of benzene rings is 1. The van der Waals surface area contributed by atoms with Gasteiger partial charge in [0.1, 0.15) is 6.04 Å². The lowest BCUT2D eigenvalue weighted by Crippen LogP contribution is -2.54. The van der Waals surface area contributed by atoms with Gasteiger partial charge in [-0.25, -0.2) is 0 Å². The Morgan fingerprint density at radius 3 is 2.34 bits per heavy atom. The zero-order valence-electron chi connectivity index (χ0n) is 21.4. The van der Waals surface area contributed by atoms with Crippen LogP contribution in [0.1, 0.15) is 71.3 Å². The summed E-state index contributed by atoms with van der Waals surface area (Å²) in [7, 11) is 0. The first kappa shape index (κ1) is 27.5. The van der Waals surface area contributed by atoms with Crippen molar-refractivity contribution in [2.45, 2.75) is 90.3 Å². The van der Waals surface area contributed by atoms with Crippen LogP contribution in [0.3, 0.4) is 0 Å². The van der Waals surface area contributed by atoms with Gasteiger partial charge in [-0.2, -0.15) is 0 Å². The Balaban J connectivity index is 1.76. The third-order valence-corrected chi connectivity index (χ3v) is 7.32. The molecule has 1 aliphatic heterocycles. The normalized spacial score (nSPS) is 19.9. The predicted octanol–water partition coefficient (Wildman–Crippen LogP) is 3.52. The van der Waals surface area contributed by atoms with E-state index in [4.69, 9.17) is 17.3 Å². The Labute approximate surface area is 214 Å². The van der Waals surface area contributed by atoms with Crippen molar-refractivity contribution in [3.63, 3.8) is 0 Å². The Morgan fingerprint density at radius 2 is 1.74 bits per heavy atom. The van der Waals surface area contributed by atoms with Gasteiger partial charge in [-0.15, -0.1) is 0 Å². The van der Waals surface area contributed by atoms with E-state index in [-0.39, 0.29) is 42.8 Å². The first-order chi connectivity index (χ1) is 16.6. The number of nitrogens with one attached hydrogen (secondary N) is 1. The van der Waals surface area contributed by atoms with Crippen molar-refractivity contribution < 1.29 is 14.4 Å². The van der Waals surface area contributed by atoms with Crippen molar-refractivity contribution in [1.82, 2.24) is 15.1 Å². The first-order valence-electron chi connectivity index (χ1n) is 13.0. The number of carbonyl (C=O) groups excluding carboxylic acids is 3. The number of carbonyl (C=O) groups is 3. The molecule has 1 aromatic carbocycles. The van der Waals surface area contributed by atoms with E-state index in [0.29, 0.717) is 24.5 Å². The maximum absolute atomic E-state index is 13.6. The second-order valence-electron chi connectivity index (χ2n) is 11.0. The minimum atomic E-state index is -0.685. The topological polar surface area (TPSA) is 95.7 Å². The minimum absolute atomic E-state index is 0.00435. The van der Waals surface area contributed by atoms with E-state index < -0.39 is 11.5 Å². The minimum Gasteiger partial charge on any atom is -0.344 e. The molecule has 2 atom stereocenters. The summed E-state index contributed by atoms with van der Waals surface area (Å²) in [5, 5.41) is 3.51. The molecule has 2 aliphatic rings. The van der Waals surface area contributed by atoms with Gasteiger partial charge in [0.25, 0.3) is 0 Å². The number of hydrogen-bond acceptors (Lipinski definition) is 4. The predicted molar refractivity (Wildman–Crippen MR) is 139 cm³/mol. The van der Waals surface area contributed by atoms with Gasteiger partial charge in [0.15, 0.2) is 0 Å². The molecule has 3 amide bonds. The molecule has 194 valence electrons. The molecular formula is C27H41ClN4O3. The van der Waals surface area contributed by atoms with Crippen LogP contribution in [-0.2, 0) is 20.8 Å². The molecule has 7 nitrogen and oxygen atoms in total. The molecule has 8 heteroatoms. The zero-order valence-corrected chi connectivity index (χ0v) is 22.2. The van der Waals surface area contributed by atoms with E-state index in [1.165, 1.54) is 6.42 Å². The SMILES string of the molecule is CC(C)(C)C(=O)N(C1CCCCC1)[C@H]1CCN(C(=O)[C@@H](Cc2ccc(Cl)cc2)NC(=O)CCN)C1. The van der Waals surface area contributed by atoms with Gasteiger partial charge in [-0.3, -0.25) is 14.4 Å². The lowest BCUT2D eigenvalue weighted by Gasteiger charge is -2.42. The quantitative estimate of drug-likeness (QED) is 0.566. The number of nitrogens with two attached hydrogens (primary N) is 1. The molecular weight excluding hydrogens is 464 g/mol. The van der Waals surface area contributed by atoms with Crippen LogP contribution in [0.4, 0.5) is 0 Å². The number of amides is 3. The molecule has 1 aliphatic carbocycles. The van der Waals surface area contributed by atoms with E-state index in [0.717, 1.165) is 37.7 Å². The number of likely N-dealkylation sites (tertiary alicyclic amines) is 1. The Morgan fingerprint density at radius 1 is 1.09 bits per heavy atom. The second-order valence-corrected chi connectivity index (χ2v) is 11.4. The molecule has 0 aromatic heterocycles. The zero-order chi connectivity index (χ0) is 25.6. The smallest absolute Gasteiger partial charge is 0.245 e. The van der Waals surface area contributed by atoms with Crippen LogP contribution < -0.4 is 11.1 Å². The third-order valence-electron chi connectivity index (χ3n) is 7.07. The molecule has 1 saturated carbocycles. The fraction of sp³-hybridized carbons (Fsp3) is 0.667. The van der Waals surface area contributed by atoms with Crippen molar-refractivity contribution >= 4 is 29.3 Å². The van der Waals surface area contributed by atoms with Crippen LogP contribution in [0.5, 0.6) is 0 Å². The summed E-state index contributed by atoms with van der Waals surface area (Å²) in [5.41, 5.74) is 6.00. The summed E-state index contributed by atoms with van der Waals surface area (Å²) in [5.74, 6) is -0.181. The largest absolute Gasteiger partial charge is 0.344 e. The van der Waals surface area contributed by atoms with E-state index in [1.807, 2.05) is 37.8 Å². The van der Waals surface area contributed by atoms with Gasteiger partial charge in [-0.05, 0) is 37.0 Å². The van der Waals surface area contributed by atoms with Gasteiger partial charge in [0, 0.05) is 49.0 Å². The summed E-state index contributed by atoms with van der Waals surface area (Å²) in [6.45, 7) is 7.22. The summed E-state index contributed by atoms with van der Waals surface area (Å²) in [6, 6.07) is 6.87. The maximum Gasteiger partial charge on any atom is 0.245 e. The van der Waals surface area contributed by atoms with Crippen LogP contribution in [0.25, 0.3) is 0 Å². The molecule has 1 aromatic rings. The molecule has 0 spiro atoms. The summed E-state index contributed by atoms with van der Waals surface area (Å²) in [4.78, 5) is 43.4. The number of halogens is 1. The maximum atomic E-state index is 13.6. The van der Waals surface area contributed by atoms with E-state index in [2.05, 4.69) is 10.2 Å². The number of hydrogen-bond donors (Lipinski definition) is 2. The van der Waals surface area contributed by atoms with E-state index in [9.17, 15) is 14.4 Å². The Bertz CT molecular complexity index is 877. The fourth-order valence-corrected chi connectivity index (χ4v) is 5.35. The highest BCUT2D eigenvalue weighted by Gasteiger charge is 2.41.